The number of hydrogen-bond donors (Lipinski definition) is 2. The highest BCUT2D eigenvalue weighted by Crippen LogP contribution is 2.37. The van der Waals surface area contributed by atoms with Gasteiger partial charge < -0.3 is 29.2 Å². The molecule has 0 radical (unpaired) electrons. The Labute approximate surface area is 420 Å². The number of aromatic nitrogens is 2. The number of hydrogen-bond acceptors (Lipinski definition) is 11. The van der Waals surface area contributed by atoms with Gasteiger partial charge in [0.05, 0.1) is 42.5 Å². The molecule has 8 rings (SSSR count). The molecule has 3 aliphatic heterocycles. The predicted octanol–water partition coefficient (Wildman–Crippen LogP) is 9.38. The minimum absolute atomic E-state index is 0.0165. The van der Waals surface area contributed by atoms with Crippen molar-refractivity contribution in [3.05, 3.63) is 118 Å². The van der Waals surface area contributed by atoms with Gasteiger partial charge in [-0.2, -0.15) is 0 Å². The van der Waals surface area contributed by atoms with Gasteiger partial charge in [-0.05, 0) is 137 Å². The SMILES string of the molecule is CCOc1ccccc1-n1c(CN2CCN(C(=O)COc3ccc(CNCCCC(C)CC(C)CCN4C5CCCC4CC(OC(=O)Nc4cc(C)ccc4OC)C5)cc3)CC2)nc2ccccc2c1=O. The highest BCUT2D eigenvalue weighted by atomic mass is 16.6. The van der Waals surface area contributed by atoms with Crippen molar-refractivity contribution in [2.45, 2.75) is 117 Å². The maximum Gasteiger partial charge on any atom is 0.412 e. The number of piperazine rings is 1. The number of para-hydroxylation sites is 3. The van der Waals surface area contributed by atoms with E-state index in [1.54, 1.807) is 11.7 Å². The van der Waals surface area contributed by atoms with Crippen LogP contribution in [-0.2, 0) is 22.6 Å². The molecular weight excluding hydrogens is 895 g/mol. The number of aryl methyl sites for hydroxylation is 1. The Balaban J connectivity index is 0.698. The van der Waals surface area contributed by atoms with Crippen LogP contribution in [0.2, 0.25) is 0 Å². The van der Waals surface area contributed by atoms with Crippen LogP contribution in [0.5, 0.6) is 17.2 Å². The van der Waals surface area contributed by atoms with Gasteiger partial charge in [-0.1, -0.05) is 62.7 Å². The molecule has 0 aliphatic carbocycles. The van der Waals surface area contributed by atoms with Gasteiger partial charge in [0.15, 0.2) is 6.61 Å². The molecule has 2 bridgehead atoms. The minimum atomic E-state index is -0.400. The van der Waals surface area contributed by atoms with Crippen LogP contribution in [-0.4, -0.2) is 114 Å². The van der Waals surface area contributed by atoms with Crippen molar-refractivity contribution < 1.29 is 28.5 Å². The van der Waals surface area contributed by atoms with Crippen molar-refractivity contribution in [2.75, 3.05) is 64.9 Å². The van der Waals surface area contributed by atoms with E-state index in [9.17, 15) is 14.4 Å². The summed E-state index contributed by atoms with van der Waals surface area (Å²) in [5.74, 6) is 3.86. The van der Waals surface area contributed by atoms with Crippen LogP contribution in [0, 0.1) is 18.8 Å². The highest BCUT2D eigenvalue weighted by molar-refractivity contribution is 5.87. The lowest BCUT2D eigenvalue weighted by Crippen LogP contribution is -2.54. The zero-order valence-electron chi connectivity index (χ0n) is 42.6. The normalized spacial score (nSPS) is 19.2. The second-order valence-corrected chi connectivity index (χ2v) is 20.0. The number of nitrogens with zero attached hydrogens (tertiary/aromatic N) is 5. The molecule has 3 aliphatic rings. The Bertz CT molecular complexity index is 2580. The summed E-state index contributed by atoms with van der Waals surface area (Å²) >= 11 is 0. The Kier molecular flexibility index (Phi) is 18.0. The molecule has 0 saturated carbocycles. The first-order valence-electron chi connectivity index (χ1n) is 26.1. The first kappa shape index (κ1) is 51.4. The van der Waals surface area contributed by atoms with Gasteiger partial charge in [0, 0.05) is 57.6 Å². The Morgan fingerprint density at radius 2 is 1.58 bits per heavy atom. The lowest BCUT2D eigenvalue weighted by molar-refractivity contribution is -0.135. The third-order valence-corrected chi connectivity index (χ3v) is 14.6. The predicted molar refractivity (Wildman–Crippen MR) is 280 cm³/mol. The Morgan fingerprint density at radius 1 is 0.845 bits per heavy atom. The molecule has 380 valence electrons. The van der Waals surface area contributed by atoms with E-state index < -0.39 is 6.09 Å². The van der Waals surface area contributed by atoms with Crippen molar-refractivity contribution in [3.8, 4) is 22.9 Å². The van der Waals surface area contributed by atoms with E-state index in [1.807, 2.05) is 97.6 Å². The average Bonchev–Trinajstić information content (AvgIpc) is 3.36. The van der Waals surface area contributed by atoms with E-state index in [1.165, 1.54) is 44.1 Å². The van der Waals surface area contributed by atoms with Gasteiger partial charge in [0.1, 0.15) is 29.2 Å². The van der Waals surface area contributed by atoms with E-state index in [-0.39, 0.29) is 24.2 Å². The monoisotopic (exact) mass is 970 g/mol. The zero-order chi connectivity index (χ0) is 49.7. The third kappa shape index (κ3) is 13.7. The quantitative estimate of drug-likeness (QED) is 0.0642. The minimum Gasteiger partial charge on any atom is -0.495 e. The average molecular weight is 970 g/mol. The summed E-state index contributed by atoms with van der Waals surface area (Å²) in [6.07, 6.45) is 9.72. The standard InChI is InChI=1S/C57H75N7O7/c1-6-69-53-19-10-9-18-51(53)64-54(59-49-17-8-7-16-48(49)56(64)66)38-61-29-31-62(32-30-61)55(65)39-70-46-23-21-43(22-24-46)37-58-27-12-13-40(2)33-42(4)26-28-63-44-14-11-15-45(63)36-47(35-44)71-57(67)60-50-34-41(3)20-25-52(50)68-5/h7-10,16-25,34,40,42,44-45,47,58H,6,11-15,26-33,35-39H2,1-5H3,(H,60,67). The van der Waals surface area contributed by atoms with Crippen LogP contribution in [0.4, 0.5) is 10.5 Å². The van der Waals surface area contributed by atoms with Gasteiger partial charge in [-0.15, -0.1) is 0 Å². The van der Waals surface area contributed by atoms with Crippen molar-refractivity contribution >= 4 is 28.6 Å². The number of ether oxygens (including phenoxy) is 4. The molecule has 4 atom stereocenters. The van der Waals surface area contributed by atoms with E-state index in [4.69, 9.17) is 23.9 Å². The summed E-state index contributed by atoms with van der Waals surface area (Å²) in [5, 5.41) is 7.09. The second-order valence-electron chi connectivity index (χ2n) is 20.0. The molecule has 2 N–H and O–H groups in total. The van der Waals surface area contributed by atoms with Crippen LogP contribution in [0.25, 0.3) is 16.6 Å². The largest absolute Gasteiger partial charge is 0.495 e. The van der Waals surface area contributed by atoms with Crippen LogP contribution in [0.3, 0.4) is 0 Å². The number of nitrogens with one attached hydrogen (secondary N) is 2. The third-order valence-electron chi connectivity index (χ3n) is 14.6. The number of methoxy groups -OCH3 is 1. The lowest BCUT2D eigenvalue weighted by atomic mass is 9.82. The van der Waals surface area contributed by atoms with E-state index in [0.717, 1.165) is 44.5 Å². The van der Waals surface area contributed by atoms with Gasteiger partial charge in [-0.3, -0.25) is 29.3 Å². The molecular formula is C57H75N7O7. The summed E-state index contributed by atoms with van der Waals surface area (Å²) in [7, 11) is 1.61. The van der Waals surface area contributed by atoms with Crippen molar-refractivity contribution in [3.63, 3.8) is 0 Å². The molecule has 2 amide bonds. The summed E-state index contributed by atoms with van der Waals surface area (Å²) in [5.41, 5.74) is 4.07. The highest BCUT2D eigenvalue weighted by Gasteiger charge is 2.39. The molecule has 3 fully saturated rings. The van der Waals surface area contributed by atoms with Gasteiger partial charge in [0.25, 0.3) is 11.5 Å². The van der Waals surface area contributed by atoms with Crippen molar-refractivity contribution in [1.29, 1.82) is 0 Å². The van der Waals surface area contributed by atoms with Gasteiger partial charge >= 0.3 is 6.09 Å². The molecule has 1 aromatic heterocycles. The summed E-state index contributed by atoms with van der Waals surface area (Å²) in [4.78, 5) is 51.9. The van der Waals surface area contributed by atoms with Crippen LogP contribution in [0.1, 0.15) is 95.5 Å². The molecule has 0 spiro atoms. The molecule has 4 unspecified atom stereocenters. The molecule has 4 heterocycles. The van der Waals surface area contributed by atoms with E-state index in [0.29, 0.717) is 109 Å². The van der Waals surface area contributed by atoms with Crippen molar-refractivity contribution in [2.24, 2.45) is 11.8 Å². The molecule has 14 heteroatoms. The number of benzene rings is 4. The number of carbonyl (C=O) groups is 2. The maximum atomic E-state index is 13.9. The number of amides is 2. The van der Waals surface area contributed by atoms with Crippen LogP contribution >= 0.6 is 0 Å². The smallest absolute Gasteiger partial charge is 0.412 e. The number of fused-ring (bicyclic) bond motifs is 3. The van der Waals surface area contributed by atoms with Gasteiger partial charge in [-0.25, -0.2) is 9.78 Å². The van der Waals surface area contributed by atoms with E-state index in [2.05, 4.69) is 46.4 Å². The second kappa shape index (κ2) is 24.9. The first-order valence-corrected chi connectivity index (χ1v) is 26.1. The summed E-state index contributed by atoms with van der Waals surface area (Å²) < 4.78 is 25.0. The molecule has 3 saturated heterocycles. The Hall–Kier alpha value is -5.96. The Morgan fingerprint density at radius 3 is 2.34 bits per heavy atom. The fourth-order valence-corrected chi connectivity index (χ4v) is 10.9. The van der Waals surface area contributed by atoms with Crippen molar-refractivity contribution in [1.82, 2.24) is 29.6 Å². The zero-order valence-corrected chi connectivity index (χ0v) is 42.6. The molecule has 14 nitrogen and oxygen atoms in total. The molecule has 71 heavy (non-hydrogen) atoms. The van der Waals surface area contributed by atoms with Gasteiger partial charge in [0.2, 0.25) is 0 Å². The number of piperidine rings is 2. The van der Waals surface area contributed by atoms with Crippen LogP contribution in [0.15, 0.2) is 95.8 Å². The van der Waals surface area contributed by atoms with Crippen LogP contribution < -0.4 is 30.4 Å². The summed E-state index contributed by atoms with van der Waals surface area (Å²) in [6, 6.07) is 29.7. The number of rotatable bonds is 22. The topological polar surface area (TPSA) is 140 Å². The number of anilines is 1. The number of carbonyl (C=O) groups excluding carboxylic acids is 2. The summed E-state index contributed by atoms with van der Waals surface area (Å²) in [6.45, 7) is 14.9. The fourth-order valence-electron chi connectivity index (χ4n) is 10.9. The molecule has 5 aromatic rings. The lowest BCUT2D eigenvalue weighted by Gasteiger charge is -2.48. The van der Waals surface area contributed by atoms with E-state index >= 15 is 0 Å². The molecule has 4 aromatic carbocycles. The maximum absolute atomic E-state index is 13.9. The fraction of sp³-hybridized carbons (Fsp3) is 0.509. The first-order chi connectivity index (χ1) is 34.5.